The summed E-state index contributed by atoms with van der Waals surface area (Å²) in [6.07, 6.45) is 2.21. The maximum absolute atomic E-state index is 3.67. The summed E-state index contributed by atoms with van der Waals surface area (Å²) in [5.74, 6) is 0.598. The Hall–Kier alpha value is -0.640. The second-order valence-corrected chi connectivity index (χ2v) is 7.63. The van der Waals surface area contributed by atoms with Crippen molar-refractivity contribution in [1.29, 1.82) is 0 Å². The maximum Gasteiger partial charge on any atom is 0.0456 e. The molecule has 0 radical (unpaired) electrons. The topological polar surface area (TPSA) is 12.0 Å². The van der Waals surface area contributed by atoms with E-state index in [2.05, 4.69) is 77.7 Å². The molecule has 0 aliphatic rings. The van der Waals surface area contributed by atoms with Gasteiger partial charge in [-0.25, -0.2) is 0 Å². The van der Waals surface area contributed by atoms with Crippen molar-refractivity contribution >= 4 is 27.3 Å². The third-order valence-electron chi connectivity index (χ3n) is 3.66. The molecule has 1 atom stereocenters. The molecule has 2 aromatic rings. The fourth-order valence-corrected chi connectivity index (χ4v) is 3.90. The molecule has 0 bridgehead atoms. The highest BCUT2D eigenvalue weighted by molar-refractivity contribution is 9.10. The van der Waals surface area contributed by atoms with Crippen molar-refractivity contribution in [3.05, 3.63) is 56.2 Å². The highest BCUT2D eigenvalue weighted by Crippen LogP contribution is 2.28. The maximum atomic E-state index is 3.67. The zero-order valence-electron chi connectivity index (χ0n) is 13.0. The van der Waals surface area contributed by atoms with Crippen molar-refractivity contribution < 1.29 is 0 Å². The molecule has 21 heavy (non-hydrogen) atoms. The van der Waals surface area contributed by atoms with E-state index in [1.54, 1.807) is 0 Å². The van der Waals surface area contributed by atoms with Gasteiger partial charge in [0.2, 0.25) is 0 Å². The van der Waals surface area contributed by atoms with Crippen molar-refractivity contribution in [2.24, 2.45) is 0 Å². The van der Waals surface area contributed by atoms with Gasteiger partial charge in [-0.3, -0.25) is 0 Å². The Balaban J connectivity index is 2.10. The van der Waals surface area contributed by atoms with Crippen LogP contribution in [0.25, 0.3) is 0 Å². The van der Waals surface area contributed by atoms with Gasteiger partial charge in [-0.2, -0.15) is 0 Å². The zero-order chi connectivity index (χ0) is 15.2. The lowest BCUT2D eigenvalue weighted by molar-refractivity contribution is 0.536. The summed E-state index contributed by atoms with van der Waals surface area (Å²) in [7, 11) is 0. The molecular formula is C18H24BrNS. The van der Waals surface area contributed by atoms with Crippen LogP contribution in [-0.4, -0.2) is 6.54 Å². The van der Waals surface area contributed by atoms with Crippen molar-refractivity contribution in [3.8, 4) is 0 Å². The van der Waals surface area contributed by atoms with Gasteiger partial charge in [0.15, 0.2) is 0 Å². The number of hydrogen-bond acceptors (Lipinski definition) is 2. The Morgan fingerprint density at radius 1 is 1.19 bits per heavy atom. The quantitative estimate of drug-likeness (QED) is 0.642. The first kappa shape index (κ1) is 16.7. The predicted molar refractivity (Wildman–Crippen MR) is 97.3 cm³/mol. The van der Waals surface area contributed by atoms with Crippen LogP contribution in [0.4, 0.5) is 0 Å². The molecule has 1 nitrogen and oxygen atoms in total. The summed E-state index contributed by atoms with van der Waals surface area (Å²) < 4.78 is 1.18. The summed E-state index contributed by atoms with van der Waals surface area (Å²) >= 11 is 5.39. The first-order valence-corrected chi connectivity index (χ1v) is 9.33. The Morgan fingerprint density at radius 2 is 1.90 bits per heavy atom. The van der Waals surface area contributed by atoms with E-state index < -0.39 is 0 Å². The van der Waals surface area contributed by atoms with E-state index in [9.17, 15) is 0 Å². The molecule has 3 heteroatoms. The van der Waals surface area contributed by atoms with E-state index in [1.807, 2.05) is 11.3 Å². The molecule has 1 heterocycles. The molecule has 0 amide bonds. The lowest BCUT2D eigenvalue weighted by Crippen LogP contribution is -2.23. The van der Waals surface area contributed by atoms with Crippen LogP contribution in [0.3, 0.4) is 0 Å². The van der Waals surface area contributed by atoms with Crippen LogP contribution < -0.4 is 5.32 Å². The number of halogens is 1. The van der Waals surface area contributed by atoms with Crippen LogP contribution in [0.2, 0.25) is 0 Å². The molecule has 1 N–H and O–H groups in total. The van der Waals surface area contributed by atoms with Crippen molar-refractivity contribution in [2.45, 2.75) is 45.6 Å². The lowest BCUT2D eigenvalue weighted by Gasteiger charge is -2.18. The van der Waals surface area contributed by atoms with Gasteiger partial charge in [-0.1, -0.05) is 45.0 Å². The molecular weight excluding hydrogens is 342 g/mol. The number of benzene rings is 1. The molecule has 0 spiro atoms. The Bertz CT molecular complexity index is 545. The van der Waals surface area contributed by atoms with Gasteiger partial charge in [-0.15, -0.1) is 11.3 Å². The third kappa shape index (κ3) is 4.94. The van der Waals surface area contributed by atoms with Gasteiger partial charge in [-0.05, 0) is 58.4 Å². The normalized spacial score (nSPS) is 12.8. The number of nitrogens with one attached hydrogen (secondary N) is 1. The van der Waals surface area contributed by atoms with Crippen molar-refractivity contribution in [2.75, 3.05) is 6.54 Å². The molecule has 0 aliphatic heterocycles. The standard InChI is InChI=1S/C18H24BrNS/c1-4-9-20-17(18-11-16(19)12-21-18)10-14-5-7-15(8-6-14)13(2)3/h5-8,11-13,17,20H,4,9-10H2,1-3H3. The third-order valence-corrected chi connectivity index (χ3v) is 5.47. The second-order valence-electron chi connectivity index (χ2n) is 5.77. The van der Waals surface area contributed by atoms with Crippen LogP contribution in [0.1, 0.15) is 55.2 Å². The van der Waals surface area contributed by atoms with E-state index in [0.717, 1.165) is 19.4 Å². The van der Waals surface area contributed by atoms with Gasteiger partial charge < -0.3 is 5.32 Å². The van der Waals surface area contributed by atoms with E-state index in [-0.39, 0.29) is 0 Å². The molecule has 0 saturated heterocycles. The first-order chi connectivity index (χ1) is 10.1. The minimum Gasteiger partial charge on any atom is -0.309 e. The number of hydrogen-bond donors (Lipinski definition) is 1. The molecule has 0 saturated carbocycles. The minimum absolute atomic E-state index is 0.408. The van der Waals surface area contributed by atoms with Crippen LogP contribution in [0, 0.1) is 0 Å². The highest BCUT2D eigenvalue weighted by Gasteiger charge is 2.14. The molecule has 0 aliphatic carbocycles. The fraction of sp³-hybridized carbons (Fsp3) is 0.444. The molecule has 1 aromatic carbocycles. The van der Waals surface area contributed by atoms with E-state index in [4.69, 9.17) is 0 Å². The lowest BCUT2D eigenvalue weighted by atomic mass is 9.98. The zero-order valence-corrected chi connectivity index (χ0v) is 15.4. The van der Waals surface area contributed by atoms with Gasteiger partial charge in [0.05, 0.1) is 0 Å². The fourth-order valence-electron chi connectivity index (χ4n) is 2.38. The van der Waals surface area contributed by atoms with Gasteiger partial charge >= 0.3 is 0 Å². The second kappa shape index (κ2) is 8.11. The monoisotopic (exact) mass is 365 g/mol. The summed E-state index contributed by atoms with van der Waals surface area (Å²) in [5, 5.41) is 5.84. The smallest absolute Gasteiger partial charge is 0.0456 e. The van der Waals surface area contributed by atoms with E-state index >= 15 is 0 Å². The summed E-state index contributed by atoms with van der Waals surface area (Å²) in [5.41, 5.74) is 2.81. The Kier molecular flexibility index (Phi) is 6.46. The van der Waals surface area contributed by atoms with Crippen molar-refractivity contribution in [1.82, 2.24) is 5.32 Å². The van der Waals surface area contributed by atoms with Gasteiger partial charge in [0.25, 0.3) is 0 Å². The SMILES string of the molecule is CCCNC(Cc1ccc(C(C)C)cc1)c1cc(Br)cs1. The van der Waals surface area contributed by atoms with Crippen LogP contribution in [0.5, 0.6) is 0 Å². The Morgan fingerprint density at radius 3 is 2.43 bits per heavy atom. The number of thiophene rings is 1. The van der Waals surface area contributed by atoms with E-state index in [0.29, 0.717) is 12.0 Å². The predicted octanol–water partition coefficient (Wildman–Crippen LogP) is 5.92. The summed E-state index contributed by atoms with van der Waals surface area (Å²) in [6.45, 7) is 7.75. The van der Waals surface area contributed by atoms with Crippen molar-refractivity contribution in [3.63, 3.8) is 0 Å². The highest BCUT2D eigenvalue weighted by atomic mass is 79.9. The summed E-state index contributed by atoms with van der Waals surface area (Å²) in [4.78, 5) is 1.41. The molecule has 1 unspecified atom stereocenters. The number of rotatable bonds is 7. The summed E-state index contributed by atoms with van der Waals surface area (Å²) in [6, 6.07) is 11.7. The Labute approximate surface area is 140 Å². The average molecular weight is 366 g/mol. The molecule has 2 rings (SSSR count). The van der Waals surface area contributed by atoms with Gasteiger partial charge in [0, 0.05) is 20.8 Å². The van der Waals surface area contributed by atoms with Crippen LogP contribution in [-0.2, 0) is 6.42 Å². The molecule has 0 fully saturated rings. The van der Waals surface area contributed by atoms with Crippen LogP contribution >= 0.6 is 27.3 Å². The van der Waals surface area contributed by atoms with E-state index in [1.165, 1.54) is 20.5 Å². The van der Waals surface area contributed by atoms with Crippen LogP contribution in [0.15, 0.2) is 40.2 Å². The van der Waals surface area contributed by atoms with Gasteiger partial charge in [0.1, 0.15) is 0 Å². The molecule has 114 valence electrons. The first-order valence-electron chi connectivity index (χ1n) is 7.66. The minimum atomic E-state index is 0.408. The largest absolute Gasteiger partial charge is 0.309 e. The molecule has 1 aromatic heterocycles. The average Bonchev–Trinajstić information content (AvgIpc) is 2.90.